The van der Waals surface area contributed by atoms with E-state index in [1.54, 1.807) is 24.3 Å². The molecule has 1 aromatic carbocycles. The Morgan fingerprint density at radius 2 is 1.89 bits per heavy atom. The number of hydrogen-bond donors (Lipinski definition) is 2. The predicted molar refractivity (Wildman–Crippen MR) is 70.5 cm³/mol. The first-order valence-electron chi connectivity index (χ1n) is 5.95. The molecule has 0 amide bonds. The van der Waals surface area contributed by atoms with Crippen molar-refractivity contribution >= 4 is 5.97 Å². The number of hydrogen-bond acceptors (Lipinski definition) is 4. The molecule has 0 saturated carbocycles. The number of phenolic OH excluding ortho intramolecular Hbond substituents is 1. The second-order valence-electron chi connectivity index (χ2n) is 5.34. The summed E-state index contributed by atoms with van der Waals surface area (Å²) in [6.07, 6.45) is 0.532. The second kappa shape index (κ2) is 5.87. The molecule has 0 saturated heterocycles. The van der Waals surface area contributed by atoms with Gasteiger partial charge in [0.05, 0.1) is 7.11 Å². The first kappa shape index (κ1) is 14.5. The molecule has 2 N–H and O–H groups in total. The molecule has 0 aromatic heterocycles. The standard InChI is InChI=1S/C14H21NO3/c1-14(2,3)15-12(13(17)18-4)9-10-5-7-11(16)8-6-10/h5-8,12,15-16H,9H2,1-4H3. The fourth-order valence-electron chi connectivity index (χ4n) is 1.73. The van der Waals surface area contributed by atoms with Crippen molar-refractivity contribution in [3.05, 3.63) is 29.8 Å². The van der Waals surface area contributed by atoms with E-state index in [-0.39, 0.29) is 23.3 Å². The van der Waals surface area contributed by atoms with Gasteiger partial charge in [-0.15, -0.1) is 0 Å². The Bertz CT molecular complexity index is 392. The highest BCUT2D eigenvalue weighted by atomic mass is 16.5. The minimum absolute atomic E-state index is 0.171. The van der Waals surface area contributed by atoms with Crippen molar-refractivity contribution in [3.8, 4) is 5.75 Å². The highest BCUT2D eigenvalue weighted by Crippen LogP contribution is 2.13. The summed E-state index contributed by atoms with van der Waals surface area (Å²) in [5.41, 5.74) is 0.801. The molecule has 0 bridgehead atoms. The van der Waals surface area contributed by atoms with E-state index in [1.165, 1.54) is 7.11 Å². The molecule has 0 radical (unpaired) electrons. The van der Waals surface area contributed by atoms with E-state index < -0.39 is 0 Å². The minimum Gasteiger partial charge on any atom is -0.508 e. The number of ether oxygens (including phenoxy) is 1. The predicted octanol–water partition coefficient (Wildman–Crippen LogP) is 1.86. The molecule has 0 aliphatic carbocycles. The second-order valence-corrected chi connectivity index (χ2v) is 5.34. The summed E-state index contributed by atoms with van der Waals surface area (Å²) in [5.74, 6) is -0.0600. The normalized spacial score (nSPS) is 13.1. The number of aromatic hydroxyl groups is 1. The van der Waals surface area contributed by atoms with Crippen LogP contribution in [-0.4, -0.2) is 29.8 Å². The number of benzene rings is 1. The van der Waals surface area contributed by atoms with Crippen molar-refractivity contribution in [2.24, 2.45) is 0 Å². The molecule has 1 atom stereocenters. The van der Waals surface area contributed by atoms with Gasteiger partial charge in [0.2, 0.25) is 0 Å². The lowest BCUT2D eigenvalue weighted by Gasteiger charge is -2.27. The number of carbonyl (C=O) groups is 1. The average molecular weight is 251 g/mol. The zero-order chi connectivity index (χ0) is 13.8. The van der Waals surface area contributed by atoms with Crippen LogP contribution in [0.5, 0.6) is 5.75 Å². The maximum absolute atomic E-state index is 11.7. The van der Waals surface area contributed by atoms with E-state index in [1.807, 2.05) is 20.8 Å². The highest BCUT2D eigenvalue weighted by molar-refractivity contribution is 5.76. The van der Waals surface area contributed by atoms with Crippen LogP contribution in [0, 0.1) is 0 Å². The maximum atomic E-state index is 11.7. The molecular weight excluding hydrogens is 230 g/mol. The van der Waals surface area contributed by atoms with Gasteiger partial charge in [0.15, 0.2) is 0 Å². The van der Waals surface area contributed by atoms with Crippen molar-refractivity contribution in [1.82, 2.24) is 5.32 Å². The Labute approximate surface area is 108 Å². The van der Waals surface area contributed by atoms with Gasteiger partial charge in [0, 0.05) is 5.54 Å². The molecule has 18 heavy (non-hydrogen) atoms. The molecule has 1 unspecified atom stereocenters. The van der Waals surface area contributed by atoms with Gasteiger partial charge >= 0.3 is 5.97 Å². The topological polar surface area (TPSA) is 58.6 Å². The Balaban J connectivity index is 2.78. The Morgan fingerprint density at radius 3 is 2.33 bits per heavy atom. The van der Waals surface area contributed by atoms with Crippen molar-refractivity contribution in [1.29, 1.82) is 0 Å². The number of phenols is 1. The Kier molecular flexibility index (Phi) is 4.73. The van der Waals surface area contributed by atoms with Gasteiger partial charge < -0.3 is 9.84 Å². The summed E-state index contributed by atoms with van der Waals surface area (Å²) in [7, 11) is 1.39. The van der Waals surface area contributed by atoms with Crippen LogP contribution in [-0.2, 0) is 16.0 Å². The quantitative estimate of drug-likeness (QED) is 0.802. The lowest BCUT2D eigenvalue weighted by Crippen LogP contribution is -2.49. The number of methoxy groups -OCH3 is 1. The number of esters is 1. The lowest BCUT2D eigenvalue weighted by atomic mass is 10.0. The van der Waals surface area contributed by atoms with Crippen molar-refractivity contribution in [2.45, 2.75) is 38.8 Å². The first-order chi connectivity index (χ1) is 8.31. The van der Waals surface area contributed by atoms with Gasteiger partial charge in [-0.25, -0.2) is 0 Å². The molecule has 100 valence electrons. The van der Waals surface area contributed by atoms with Gasteiger partial charge in [-0.3, -0.25) is 10.1 Å². The number of rotatable bonds is 4. The summed E-state index contributed by atoms with van der Waals surface area (Å²) >= 11 is 0. The Hall–Kier alpha value is -1.55. The van der Waals surface area contributed by atoms with Crippen LogP contribution in [0.25, 0.3) is 0 Å². The molecule has 4 heteroatoms. The van der Waals surface area contributed by atoms with E-state index in [4.69, 9.17) is 4.74 Å². The summed E-state index contributed by atoms with van der Waals surface area (Å²) < 4.78 is 4.80. The average Bonchev–Trinajstić information content (AvgIpc) is 2.28. The van der Waals surface area contributed by atoms with Gasteiger partial charge in [0.1, 0.15) is 11.8 Å². The van der Waals surface area contributed by atoms with Crippen LogP contribution in [0.3, 0.4) is 0 Å². The zero-order valence-corrected chi connectivity index (χ0v) is 11.4. The van der Waals surface area contributed by atoms with Crippen LogP contribution in [0.15, 0.2) is 24.3 Å². The van der Waals surface area contributed by atoms with Crippen LogP contribution < -0.4 is 5.32 Å². The highest BCUT2D eigenvalue weighted by Gasteiger charge is 2.24. The summed E-state index contributed by atoms with van der Waals surface area (Å²) in [4.78, 5) is 11.7. The van der Waals surface area contributed by atoms with Crippen molar-refractivity contribution < 1.29 is 14.6 Å². The van der Waals surface area contributed by atoms with Gasteiger partial charge in [-0.2, -0.15) is 0 Å². The molecule has 0 heterocycles. The number of nitrogens with one attached hydrogen (secondary N) is 1. The summed E-state index contributed by atoms with van der Waals surface area (Å²) in [5, 5.41) is 12.5. The summed E-state index contributed by atoms with van der Waals surface area (Å²) in [6, 6.07) is 6.44. The monoisotopic (exact) mass is 251 g/mol. The Morgan fingerprint density at radius 1 is 1.33 bits per heavy atom. The first-order valence-corrected chi connectivity index (χ1v) is 5.95. The third-order valence-electron chi connectivity index (χ3n) is 2.47. The maximum Gasteiger partial charge on any atom is 0.323 e. The van der Waals surface area contributed by atoms with Crippen LogP contribution in [0.1, 0.15) is 26.3 Å². The van der Waals surface area contributed by atoms with Gasteiger partial charge in [-0.1, -0.05) is 12.1 Å². The molecule has 0 aliphatic rings. The third-order valence-corrected chi connectivity index (χ3v) is 2.47. The smallest absolute Gasteiger partial charge is 0.323 e. The van der Waals surface area contributed by atoms with Crippen LogP contribution >= 0.6 is 0 Å². The third kappa shape index (κ3) is 4.75. The van der Waals surface area contributed by atoms with Gasteiger partial charge in [0.25, 0.3) is 0 Å². The van der Waals surface area contributed by atoms with E-state index in [0.717, 1.165) is 5.56 Å². The molecule has 1 aromatic rings. The van der Waals surface area contributed by atoms with Crippen molar-refractivity contribution in [2.75, 3.05) is 7.11 Å². The minimum atomic E-state index is -0.389. The largest absolute Gasteiger partial charge is 0.508 e. The molecule has 0 aliphatic heterocycles. The molecule has 0 spiro atoms. The lowest BCUT2D eigenvalue weighted by molar-refractivity contribution is -0.143. The SMILES string of the molecule is COC(=O)C(Cc1ccc(O)cc1)NC(C)(C)C. The van der Waals surface area contributed by atoms with E-state index in [9.17, 15) is 9.90 Å². The van der Waals surface area contributed by atoms with E-state index in [0.29, 0.717) is 6.42 Å². The molecule has 1 rings (SSSR count). The van der Waals surface area contributed by atoms with E-state index in [2.05, 4.69) is 5.32 Å². The number of carbonyl (C=O) groups excluding carboxylic acids is 1. The van der Waals surface area contributed by atoms with Gasteiger partial charge in [-0.05, 0) is 44.9 Å². The van der Waals surface area contributed by atoms with E-state index >= 15 is 0 Å². The zero-order valence-electron chi connectivity index (χ0n) is 11.4. The molecule has 4 nitrogen and oxygen atoms in total. The fraction of sp³-hybridized carbons (Fsp3) is 0.500. The molecular formula is C14H21NO3. The van der Waals surface area contributed by atoms with Crippen LogP contribution in [0.4, 0.5) is 0 Å². The van der Waals surface area contributed by atoms with Crippen LogP contribution in [0.2, 0.25) is 0 Å². The van der Waals surface area contributed by atoms with Crippen molar-refractivity contribution in [3.63, 3.8) is 0 Å². The molecule has 0 fully saturated rings. The fourth-order valence-corrected chi connectivity index (χ4v) is 1.73. The summed E-state index contributed by atoms with van der Waals surface area (Å²) in [6.45, 7) is 6.00.